The summed E-state index contributed by atoms with van der Waals surface area (Å²) in [6.45, 7) is 2.58. The van der Waals surface area contributed by atoms with Crippen molar-refractivity contribution in [3.8, 4) is 11.5 Å². The monoisotopic (exact) mass is 374 g/mol. The van der Waals surface area contributed by atoms with Crippen LogP contribution in [0.15, 0.2) is 41.2 Å². The third kappa shape index (κ3) is 3.66. The van der Waals surface area contributed by atoms with E-state index in [1.807, 2.05) is 24.3 Å². The molecule has 136 valence electrons. The minimum atomic E-state index is -0.204. The van der Waals surface area contributed by atoms with Gasteiger partial charge < -0.3 is 19.8 Å². The fraction of sp³-hybridized carbons (Fsp3) is 0.263. The van der Waals surface area contributed by atoms with Crippen molar-refractivity contribution in [1.29, 1.82) is 0 Å². The highest BCUT2D eigenvalue weighted by Gasteiger charge is 2.15. The highest BCUT2D eigenvalue weighted by Crippen LogP contribution is 2.29. The van der Waals surface area contributed by atoms with Crippen LogP contribution in [0.5, 0.6) is 11.5 Å². The molecule has 0 aliphatic carbocycles. The molecular formula is C19H21ClN3O3+. The fourth-order valence-electron chi connectivity index (χ4n) is 2.87. The molecule has 3 rings (SSSR count). The van der Waals surface area contributed by atoms with Gasteiger partial charge in [0, 0.05) is 16.7 Å². The average Bonchev–Trinajstić information content (AvgIpc) is 2.65. The van der Waals surface area contributed by atoms with Crippen molar-refractivity contribution in [1.82, 2.24) is 9.97 Å². The number of hydrogen-bond donors (Lipinski definition) is 2. The maximum absolute atomic E-state index is 12.4. The Morgan fingerprint density at radius 3 is 2.58 bits per heavy atom. The molecule has 0 unspecified atom stereocenters. The van der Waals surface area contributed by atoms with E-state index in [2.05, 4.69) is 22.2 Å². The number of rotatable bonds is 6. The highest BCUT2D eigenvalue weighted by molar-refractivity contribution is 6.31. The molecule has 2 aromatic carbocycles. The van der Waals surface area contributed by atoms with Gasteiger partial charge in [-0.1, -0.05) is 29.8 Å². The highest BCUT2D eigenvalue weighted by atomic mass is 35.5. The van der Waals surface area contributed by atoms with Crippen LogP contribution in [-0.4, -0.2) is 24.2 Å². The molecule has 1 atom stereocenters. The predicted molar refractivity (Wildman–Crippen MR) is 101 cm³/mol. The van der Waals surface area contributed by atoms with Crippen LogP contribution in [0.3, 0.4) is 0 Å². The Balaban J connectivity index is 1.87. The summed E-state index contributed by atoms with van der Waals surface area (Å²) in [5, 5.41) is 3.27. The van der Waals surface area contributed by atoms with Crippen LogP contribution >= 0.6 is 11.6 Å². The standard InChI is InChI=1S/C19H20ClN3O3/c1-11(12-6-4-5-7-14(12)20)21-10-18-22-15-9-17(26-3)16(25-2)8-13(15)19(24)23-18/h4-9,11,21H,10H2,1-3H3,(H,22,23,24)/p+1/t11-/m0/s1. The van der Waals surface area contributed by atoms with Gasteiger partial charge in [0.2, 0.25) is 0 Å². The number of nitrogens with zero attached hydrogens (tertiary/aromatic N) is 1. The molecule has 26 heavy (non-hydrogen) atoms. The molecule has 6 nitrogen and oxygen atoms in total. The van der Waals surface area contributed by atoms with E-state index in [4.69, 9.17) is 21.1 Å². The zero-order valence-electron chi connectivity index (χ0n) is 14.9. The van der Waals surface area contributed by atoms with Gasteiger partial charge in [-0.25, -0.2) is 4.98 Å². The Morgan fingerprint density at radius 2 is 1.88 bits per heavy atom. The van der Waals surface area contributed by atoms with Crippen molar-refractivity contribution < 1.29 is 14.8 Å². The molecule has 0 saturated carbocycles. The zero-order chi connectivity index (χ0) is 18.7. The summed E-state index contributed by atoms with van der Waals surface area (Å²) >= 11 is 6.25. The first-order valence-corrected chi connectivity index (χ1v) is 8.64. The van der Waals surface area contributed by atoms with E-state index in [1.165, 1.54) is 7.11 Å². The lowest BCUT2D eigenvalue weighted by Gasteiger charge is -2.13. The van der Waals surface area contributed by atoms with Gasteiger partial charge in [0.25, 0.3) is 5.56 Å². The number of aromatic nitrogens is 2. The van der Waals surface area contributed by atoms with E-state index in [9.17, 15) is 4.79 Å². The summed E-state index contributed by atoms with van der Waals surface area (Å²) < 4.78 is 10.5. The minimum absolute atomic E-state index is 0.134. The van der Waals surface area contributed by atoms with Gasteiger partial charge in [-0.3, -0.25) is 4.79 Å². The topological polar surface area (TPSA) is 80.8 Å². The molecule has 0 fully saturated rings. The second kappa shape index (κ2) is 7.76. The maximum atomic E-state index is 12.4. The number of nitrogens with two attached hydrogens (primary N) is 1. The summed E-state index contributed by atoms with van der Waals surface area (Å²) in [5.74, 6) is 1.63. The second-order valence-electron chi connectivity index (χ2n) is 5.99. The molecular weight excluding hydrogens is 354 g/mol. The molecule has 7 heteroatoms. The number of fused-ring (bicyclic) bond motifs is 1. The van der Waals surface area contributed by atoms with E-state index >= 15 is 0 Å². The molecule has 0 amide bonds. The molecule has 0 aliphatic rings. The van der Waals surface area contributed by atoms with Crippen LogP contribution in [0, 0.1) is 0 Å². The van der Waals surface area contributed by atoms with Crippen LogP contribution in [-0.2, 0) is 6.54 Å². The number of ether oxygens (including phenoxy) is 2. The Labute approximate surface area is 156 Å². The average molecular weight is 375 g/mol. The number of methoxy groups -OCH3 is 2. The summed E-state index contributed by atoms with van der Waals surface area (Å²) in [6.07, 6.45) is 0. The van der Waals surface area contributed by atoms with Crippen molar-refractivity contribution in [3.63, 3.8) is 0 Å². The van der Waals surface area contributed by atoms with Crippen molar-refractivity contribution in [2.75, 3.05) is 14.2 Å². The third-order valence-corrected chi connectivity index (χ3v) is 4.66. The largest absolute Gasteiger partial charge is 0.493 e. The Bertz CT molecular complexity index is 987. The van der Waals surface area contributed by atoms with Crippen molar-refractivity contribution >= 4 is 22.5 Å². The summed E-state index contributed by atoms with van der Waals surface area (Å²) in [5.41, 5.74) is 1.41. The van der Waals surface area contributed by atoms with E-state index in [-0.39, 0.29) is 11.6 Å². The van der Waals surface area contributed by atoms with Crippen LogP contribution in [0.1, 0.15) is 24.4 Å². The molecule has 0 bridgehead atoms. The maximum Gasteiger partial charge on any atom is 0.259 e. The van der Waals surface area contributed by atoms with Gasteiger partial charge in [0.05, 0.1) is 25.1 Å². The lowest BCUT2D eigenvalue weighted by atomic mass is 10.1. The number of hydrogen-bond acceptors (Lipinski definition) is 4. The zero-order valence-corrected chi connectivity index (χ0v) is 15.6. The van der Waals surface area contributed by atoms with Crippen LogP contribution in [0.25, 0.3) is 10.9 Å². The van der Waals surface area contributed by atoms with E-state index in [0.717, 1.165) is 10.6 Å². The van der Waals surface area contributed by atoms with Crippen molar-refractivity contribution in [2.24, 2.45) is 0 Å². The summed E-state index contributed by atoms with van der Waals surface area (Å²) in [6, 6.07) is 11.2. The SMILES string of the molecule is COc1cc2nc(C[NH2+][C@@H](C)c3ccccc3Cl)[nH]c(=O)c2cc1OC. The van der Waals surface area contributed by atoms with Gasteiger partial charge in [0.15, 0.2) is 17.3 Å². The molecule has 0 spiro atoms. The molecule has 0 radical (unpaired) electrons. The number of H-pyrrole nitrogens is 1. The Morgan fingerprint density at radius 1 is 1.19 bits per heavy atom. The molecule has 3 aromatic rings. The smallest absolute Gasteiger partial charge is 0.259 e. The quantitative estimate of drug-likeness (QED) is 0.694. The lowest BCUT2D eigenvalue weighted by molar-refractivity contribution is -0.708. The molecule has 1 aromatic heterocycles. The molecule has 0 aliphatic heterocycles. The molecule has 1 heterocycles. The van der Waals surface area contributed by atoms with Gasteiger partial charge in [0.1, 0.15) is 12.6 Å². The first-order chi connectivity index (χ1) is 12.5. The van der Waals surface area contributed by atoms with Gasteiger partial charge in [-0.15, -0.1) is 0 Å². The van der Waals surface area contributed by atoms with Crippen LogP contribution < -0.4 is 20.3 Å². The van der Waals surface area contributed by atoms with Gasteiger partial charge >= 0.3 is 0 Å². The third-order valence-electron chi connectivity index (χ3n) is 4.32. The van der Waals surface area contributed by atoms with Crippen LogP contribution in [0.4, 0.5) is 0 Å². The first kappa shape index (κ1) is 18.2. The normalized spacial score (nSPS) is 12.2. The number of quaternary nitrogens is 1. The summed E-state index contributed by atoms with van der Waals surface area (Å²) in [4.78, 5) is 19.8. The van der Waals surface area contributed by atoms with E-state index in [0.29, 0.717) is 34.8 Å². The molecule has 3 N–H and O–H groups in total. The summed E-state index contributed by atoms with van der Waals surface area (Å²) in [7, 11) is 3.08. The van der Waals surface area contributed by atoms with E-state index in [1.54, 1.807) is 19.2 Å². The van der Waals surface area contributed by atoms with Gasteiger partial charge in [-0.05, 0) is 19.1 Å². The fourth-order valence-corrected chi connectivity index (χ4v) is 3.18. The Hall–Kier alpha value is -2.57. The lowest BCUT2D eigenvalue weighted by Crippen LogP contribution is -2.83. The minimum Gasteiger partial charge on any atom is -0.493 e. The number of halogens is 1. The second-order valence-corrected chi connectivity index (χ2v) is 6.39. The van der Waals surface area contributed by atoms with Crippen LogP contribution in [0.2, 0.25) is 5.02 Å². The van der Waals surface area contributed by atoms with Crippen molar-refractivity contribution in [3.05, 3.63) is 63.2 Å². The number of aromatic amines is 1. The first-order valence-electron chi connectivity index (χ1n) is 8.26. The van der Waals surface area contributed by atoms with Gasteiger partial charge in [-0.2, -0.15) is 0 Å². The molecule has 0 saturated heterocycles. The number of nitrogens with one attached hydrogen (secondary N) is 1. The number of benzene rings is 2. The van der Waals surface area contributed by atoms with E-state index < -0.39 is 0 Å². The van der Waals surface area contributed by atoms with Crippen molar-refractivity contribution in [2.45, 2.75) is 19.5 Å². The predicted octanol–water partition coefficient (Wildman–Crippen LogP) is 2.42. The Kier molecular flexibility index (Phi) is 5.44.